The summed E-state index contributed by atoms with van der Waals surface area (Å²) in [6.45, 7) is 11.2. The smallest absolute Gasteiger partial charge is 0.179 e. The Labute approximate surface area is 198 Å². The summed E-state index contributed by atoms with van der Waals surface area (Å²) in [5.41, 5.74) is 7.79. The van der Waals surface area contributed by atoms with Crippen LogP contribution in [0.4, 0.5) is 0 Å². The molecule has 2 unspecified atom stereocenters. The lowest BCUT2D eigenvalue weighted by Crippen LogP contribution is -2.59. The molecule has 33 heavy (non-hydrogen) atoms. The molecule has 0 saturated heterocycles. The van der Waals surface area contributed by atoms with Gasteiger partial charge in [-0.05, 0) is 107 Å². The van der Waals surface area contributed by atoms with Gasteiger partial charge in [0.2, 0.25) is 0 Å². The molecule has 1 nitrogen and oxygen atoms in total. The van der Waals surface area contributed by atoms with Gasteiger partial charge >= 0.3 is 0 Å². The van der Waals surface area contributed by atoms with Crippen LogP contribution in [-0.2, 0) is 4.79 Å². The van der Waals surface area contributed by atoms with E-state index in [2.05, 4.69) is 68.7 Å². The van der Waals surface area contributed by atoms with Gasteiger partial charge in [-0.2, -0.15) is 0 Å². The molecule has 4 bridgehead atoms. The Balaban J connectivity index is 1.30. The van der Waals surface area contributed by atoms with Crippen molar-refractivity contribution in [2.45, 2.75) is 58.3 Å². The van der Waals surface area contributed by atoms with Crippen molar-refractivity contribution >= 4 is 16.9 Å². The van der Waals surface area contributed by atoms with Crippen molar-refractivity contribution in [3.8, 4) is 0 Å². The summed E-state index contributed by atoms with van der Waals surface area (Å²) >= 11 is 0. The van der Waals surface area contributed by atoms with Crippen LogP contribution in [0, 0.1) is 21.7 Å². The molecule has 4 fully saturated rings. The molecule has 0 heterocycles. The van der Waals surface area contributed by atoms with E-state index < -0.39 is 0 Å². The molecule has 6 aliphatic carbocycles. The quantitative estimate of drug-likeness (QED) is 0.429. The highest BCUT2D eigenvalue weighted by molar-refractivity contribution is 6.11. The van der Waals surface area contributed by atoms with Crippen LogP contribution in [0.25, 0.3) is 11.1 Å². The maximum Gasteiger partial charge on any atom is 0.179 e. The summed E-state index contributed by atoms with van der Waals surface area (Å²) in [4.78, 5) is 11.5. The van der Waals surface area contributed by atoms with E-state index in [0.29, 0.717) is 10.8 Å². The second-order valence-corrected chi connectivity index (χ2v) is 12.1. The molecule has 1 aromatic rings. The summed E-state index contributed by atoms with van der Waals surface area (Å²) < 4.78 is 0. The van der Waals surface area contributed by atoms with Gasteiger partial charge in [0.25, 0.3) is 0 Å². The van der Waals surface area contributed by atoms with Crippen LogP contribution in [-0.4, -0.2) is 5.78 Å². The van der Waals surface area contributed by atoms with Crippen LogP contribution in [0.1, 0.15) is 69.4 Å². The molecule has 0 aliphatic heterocycles. The Bertz CT molecular complexity index is 1160. The van der Waals surface area contributed by atoms with Crippen LogP contribution >= 0.6 is 0 Å². The maximum absolute atomic E-state index is 11.5. The Morgan fingerprint density at radius 2 is 1.45 bits per heavy atom. The number of carbonyl (C=O) groups is 1. The lowest BCUT2D eigenvalue weighted by atomic mass is 9.34. The molecule has 1 heteroatoms. The number of carbonyl (C=O) groups excluding carboxylic acids is 1. The van der Waals surface area contributed by atoms with Crippen LogP contribution in [0.5, 0.6) is 0 Å². The number of hydrogen-bond acceptors (Lipinski definition) is 1. The second kappa shape index (κ2) is 6.92. The maximum atomic E-state index is 11.5. The van der Waals surface area contributed by atoms with E-state index in [9.17, 15) is 4.79 Å². The molecule has 0 spiro atoms. The first-order chi connectivity index (χ1) is 15.8. The van der Waals surface area contributed by atoms with Gasteiger partial charge in [0, 0.05) is 0 Å². The largest absolute Gasteiger partial charge is 0.290 e. The van der Waals surface area contributed by atoms with Gasteiger partial charge in [0.15, 0.2) is 5.78 Å². The first-order valence-electron chi connectivity index (χ1n) is 12.5. The van der Waals surface area contributed by atoms with Gasteiger partial charge in [-0.15, -0.1) is 13.2 Å². The van der Waals surface area contributed by atoms with E-state index in [1.807, 2.05) is 6.08 Å². The van der Waals surface area contributed by atoms with Gasteiger partial charge in [-0.25, -0.2) is 0 Å². The van der Waals surface area contributed by atoms with E-state index in [1.165, 1.54) is 49.7 Å². The third-order valence-electron chi connectivity index (χ3n) is 9.42. The molecule has 0 amide bonds. The van der Waals surface area contributed by atoms with E-state index in [1.54, 1.807) is 17.7 Å². The zero-order chi connectivity index (χ0) is 22.9. The van der Waals surface area contributed by atoms with E-state index in [0.717, 1.165) is 24.0 Å². The fourth-order valence-electron chi connectivity index (χ4n) is 8.89. The number of allylic oxidation sites excluding steroid dienone is 10. The standard InChI is InChI=1S/C32H34O/c1-4-30-17-29(3)18-31(5-2,20-30)22-32(19-29,21-30)27-13-10-24(11-14-27)23-6-8-25(9-7-23)26-12-15-28(33)16-26/h4-10,12-13,15-16H,1-2,11,14,17-22H2,3H3. The summed E-state index contributed by atoms with van der Waals surface area (Å²) in [6.07, 6.45) is 24.7. The summed E-state index contributed by atoms with van der Waals surface area (Å²) in [7, 11) is 0. The molecule has 168 valence electrons. The average Bonchev–Trinajstić information content (AvgIpc) is 3.24. The summed E-state index contributed by atoms with van der Waals surface area (Å²) in [5.74, 6) is 0.0803. The molecule has 7 rings (SSSR count). The fraction of sp³-hybridized carbons (Fsp3) is 0.406. The highest BCUT2D eigenvalue weighted by Gasteiger charge is 2.65. The SMILES string of the molecule is C=CC12CC3(C)CC(C=C)(C1)CC(C1=CC=C(c4ccc(C5=CC(=O)C=C5)cc4)CC1)(C3)C2. The van der Waals surface area contributed by atoms with Crippen molar-refractivity contribution in [2.24, 2.45) is 21.7 Å². The van der Waals surface area contributed by atoms with Gasteiger partial charge in [0.1, 0.15) is 0 Å². The molecule has 1 aromatic carbocycles. The third kappa shape index (κ3) is 3.23. The van der Waals surface area contributed by atoms with Gasteiger partial charge in [-0.3, -0.25) is 4.79 Å². The molecular formula is C32H34O. The van der Waals surface area contributed by atoms with E-state index in [4.69, 9.17) is 0 Å². The molecular weight excluding hydrogens is 400 g/mol. The predicted octanol–water partition coefficient (Wildman–Crippen LogP) is 8.03. The number of rotatable bonds is 5. The minimum absolute atomic E-state index is 0.0803. The summed E-state index contributed by atoms with van der Waals surface area (Å²) in [5, 5.41) is 0. The van der Waals surface area contributed by atoms with Crippen molar-refractivity contribution in [1.29, 1.82) is 0 Å². The zero-order valence-electron chi connectivity index (χ0n) is 19.8. The van der Waals surface area contributed by atoms with Crippen molar-refractivity contribution in [3.63, 3.8) is 0 Å². The molecule has 6 aliphatic rings. The zero-order valence-corrected chi connectivity index (χ0v) is 19.8. The van der Waals surface area contributed by atoms with Gasteiger partial charge in [-0.1, -0.05) is 67.1 Å². The molecule has 0 N–H and O–H groups in total. The minimum atomic E-state index is 0.0803. The highest BCUT2D eigenvalue weighted by Crippen LogP contribution is 2.76. The lowest BCUT2D eigenvalue weighted by molar-refractivity contribution is -0.147. The van der Waals surface area contributed by atoms with Crippen molar-refractivity contribution in [3.05, 3.63) is 96.7 Å². The van der Waals surface area contributed by atoms with Crippen LogP contribution in [0.15, 0.2) is 85.5 Å². The van der Waals surface area contributed by atoms with Gasteiger partial charge < -0.3 is 0 Å². The molecule has 0 aromatic heterocycles. The van der Waals surface area contributed by atoms with Crippen molar-refractivity contribution in [1.82, 2.24) is 0 Å². The van der Waals surface area contributed by atoms with E-state index in [-0.39, 0.29) is 16.6 Å². The molecule has 4 saturated carbocycles. The normalized spacial score (nSPS) is 38.7. The fourth-order valence-corrected chi connectivity index (χ4v) is 8.89. The lowest BCUT2D eigenvalue weighted by Gasteiger charge is -2.70. The average molecular weight is 435 g/mol. The van der Waals surface area contributed by atoms with E-state index >= 15 is 0 Å². The summed E-state index contributed by atoms with van der Waals surface area (Å²) in [6, 6.07) is 8.71. The van der Waals surface area contributed by atoms with Crippen molar-refractivity contribution in [2.75, 3.05) is 0 Å². The Morgan fingerprint density at radius 3 is 2.00 bits per heavy atom. The van der Waals surface area contributed by atoms with Crippen LogP contribution in [0.2, 0.25) is 0 Å². The Hall–Kier alpha value is -2.67. The number of benzene rings is 1. The molecule has 0 radical (unpaired) electrons. The second-order valence-electron chi connectivity index (χ2n) is 12.1. The van der Waals surface area contributed by atoms with Crippen LogP contribution < -0.4 is 0 Å². The Morgan fingerprint density at radius 1 is 0.788 bits per heavy atom. The number of ketones is 1. The van der Waals surface area contributed by atoms with Crippen molar-refractivity contribution < 1.29 is 4.79 Å². The Kier molecular flexibility index (Phi) is 4.38. The number of hydrogen-bond donors (Lipinski definition) is 0. The topological polar surface area (TPSA) is 17.1 Å². The first-order valence-corrected chi connectivity index (χ1v) is 12.5. The minimum Gasteiger partial charge on any atom is -0.290 e. The molecule has 2 atom stereocenters. The predicted molar refractivity (Wildman–Crippen MR) is 137 cm³/mol. The van der Waals surface area contributed by atoms with Crippen LogP contribution in [0.3, 0.4) is 0 Å². The first kappa shape index (κ1) is 20.9. The monoisotopic (exact) mass is 434 g/mol. The van der Waals surface area contributed by atoms with Gasteiger partial charge in [0.05, 0.1) is 0 Å². The highest BCUT2D eigenvalue weighted by atomic mass is 16.1. The third-order valence-corrected chi connectivity index (χ3v) is 9.42.